The molecule has 0 saturated heterocycles. The van der Waals surface area contributed by atoms with Gasteiger partial charge in [-0.1, -0.05) is 66.7 Å². The van der Waals surface area contributed by atoms with Crippen LogP contribution in [-0.2, 0) is 16.2 Å². The third-order valence-electron chi connectivity index (χ3n) is 5.41. The normalized spacial score (nSPS) is 11.2. The first kappa shape index (κ1) is 25.5. The van der Waals surface area contributed by atoms with Crippen LogP contribution in [0, 0.1) is 6.92 Å². The van der Waals surface area contributed by atoms with Gasteiger partial charge in [-0.05, 0) is 42.3 Å². The number of nitrogens with zero attached hydrogens (tertiary/aromatic N) is 1. The number of hydrogen-bond acceptors (Lipinski definition) is 8. The van der Waals surface area contributed by atoms with E-state index in [2.05, 4.69) is 10.6 Å². The number of benzene rings is 3. The van der Waals surface area contributed by atoms with E-state index in [9.17, 15) is 4.79 Å². The fraction of sp³-hybridized carbons (Fsp3) is 0.172. The zero-order valence-corrected chi connectivity index (χ0v) is 20.9. The molecular weight excluding hydrogens is 472 g/mol. The molecule has 0 aliphatic heterocycles. The number of hydrogen-bond donors (Lipinski definition) is 1. The molecule has 1 aromatic heterocycles. The topological polar surface area (TPSA) is 92.1 Å². The second kappa shape index (κ2) is 12.4. The first-order valence-corrected chi connectivity index (χ1v) is 11.8. The van der Waals surface area contributed by atoms with Crippen LogP contribution in [-0.4, -0.2) is 18.2 Å². The summed E-state index contributed by atoms with van der Waals surface area (Å²) in [7, 11) is 1.55. The molecule has 37 heavy (non-hydrogen) atoms. The van der Waals surface area contributed by atoms with Gasteiger partial charge in [0.2, 0.25) is 0 Å². The summed E-state index contributed by atoms with van der Waals surface area (Å²) in [6, 6.07) is 24.8. The van der Waals surface area contributed by atoms with Crippen molar-refractivity contribution in [1.82, 2.24) is 10.6 Å². The Labute approximate surface area is 215 Å². The van der Waals surface area contributed by atoms with Gasteiger partial charge in [0.25, 0.3) is 0 Å². The lowest BCUT2D eigenvalue weighted by Crippen LogP contribution is -2.11. The predicted molar refractivity (Wildman–Crippen MR) is 139 cm³/mol. The van der Waals surface area contributed by atoms with Crippen molar-refractivity contribution in [3.05, 3.63) is 102 Å². The summed E-state index contributed by atoms with van der Waals surface area (Å²) < 4.78 is 22.2. The van der Waals surface area contributed by atoms with Crippen molar-refractivity contribution in [3.8, 4) is 28.6 Å². The molecule has 0 fully saturated rings. The van der Waals surface area contributed by atoms with E-state index in [0.717, 1.165) is 16.7 Å². The van der Waals surface area contributed by atoms with Crippen LogP contribution < -0.4 is 19.7 Å². The van der Waals surface area contributed by atoms with Crippen molar-refractivity contribution in [2.75, 3.05) is 7.11 Å². The summed E-state index contributed by atoms with van der Waals surface area (Å²) >= 11 is 0. The van der Waals surface area contributed by atoms with Crippen molar-refractivity contribution in [2.45, 2.75) is 26.9 Å². The van der Waals surface area contributed by atoms with Crippen molar-refractivity contribution >= 4 is 11.7 Å². The number of rotatable bonds is 11. The molecule has 1 heterocycles. The maximum Gasteiger partial charge on any atom is 0.327 e. The van der Waals surface area contributed by atoms with Crippen LogP contribution in [0.3, 0.4) is 0 Å². The van der Waals surface area contributed by atoms with Crippen LogP contribution in [0.1, 0.15) is 30.2 Å². The number of carbonyl (C=O) groups excluding carboxylic acids is 1. The van der Waals surface area contributed by atoms with Gasteiger partial charge in [-0.3, -0.25) is 15.1 Å². The lowest BCUT2D eigenvalue weighted by Gasteiger charge is -2.10. The summed E-state index contributed by atoms with van der Waals surface area (Å²) in [5, 5.41) is 3.93. The average Bonchev–Trinajstić information content (AvgIpc) is 3.30. The fourth-order valence-corrected chi connectivity index (χ4v) is 3.48. The minimum absolute atomic E-state index is 0.101. The van der Waals surface area contributed by atoms with Gasteiger partial charge in [0.1, 0.15) is 30.1 Å². The van der Waals surface area contributed by atoms with E-state index in [1.807, 2.05) is 78.9 Å². The molecule has 0 unspecified atom stereocenters. The molecule has 190 valence electrons. The largest absolute Gasteiger partial charge is 0.489 e. The van der Waals surface area contributed by atoms with Gasteiger partial charge in [0, 0.05) is 12.0 Å². The van der Waals surface area contributed by atoms with Crippen LogP contribution in [0.4, 0.5) is 0 Å². The number of esters is 1. The highest BCUT2D eigenvalue weighted by atomic mass is 16.7. The lowest BCUT2D eigenvalue weighted by molar-refractivity contribution is -0.135. The van der Waals surface area contributed by atoms with Crippen LogP contribution in [0.25, 0.3) is 16.8 Å². The Morgan fingerprint density at radius 2 is 1.68 bits per heavy atom. The quantitative estimate of drug-likeness (QED) is 0.151. The molecule has 8 heteroatoms. The van der Waals surface area contributed by atoms with Crippen molar-refractivity contribution in [2.24, 2.45) is 0 Å². The molecule has 1 N–H and O–H groups in total. The monoisotopic (exact) mass is 500 g/mol. The fourth-order valence-electron chi connectivity index (χ4n) is 3.48. The Hall–Kier alpha value is -4.56. The van der Waals surface area contributed by atoms with E-state index in [-0.39, 0.29) is 18.3 Å². The summed E-state index contributed by atoms with van der Waals surface area (Å²) in [5.74, 6) is 1.10. The molecule has 3 aromatic carbocycles. The maximum absolute atomic E-state index is 11.7. The van der Waals surface area contributed by atoms with Crippen LogP contribution >= 0.6 is 0 Å². The van der Waals surface area contributed by atoms with Gasteiger partial charge in [-0.2, -0.15) is 0 Å². The SMILES string of the molecule is CCC(=O)Oc1onc(C)c1-c1ccc(OCc2ccc(OC=C(NOC)c3ccccc3)cc2)cc1. The Balaban J connectivity index is 1.35. The molecule has 0 aliphatic rings. The van der Waals surface area contributed by atoms with Gasteiger partial charge in [-0.15, -0.1) is 0 Å². The summed E-state index contributed by atoms with van der Waals surface area (Å²) in [6.45, 7) is 3.91. The summed E-state index contributed by atoms with van der Waals surface area (Å²) in [5.41, 5.74) is 7.57. The van der Waals surface area contributed by atoms with Gasteiger partial charge in [0.15, 0.2) is 0 Å². The zero-order chi connectivity index (χ0) is 26.0. The standard InChI is InChI=1S/C29H28N2O6/c1-4-27(32)36-29-28(20(2)30-37-29)23-12-16-25(17-13-23)34-18-21-10-14-24(15-11-21)35-19-26(31-33-3)22-8-6-5-7-9-22/h5-17,19,31H,4,18H2,1-3H3. The lowest BCUT2D eigenvalue weighted by atomic mass is 10.1. The van der Waals surface area contributed by atoms with E-state index >= 15 is 0 Å². The Kier molecular flexibility index (Phi) is 8.57. The highest BCUT2D eigenvalue weighted by molar-refractivity contribution is 5.77. The molecule has 4 aromatic rings. The minimum atomic E-state index is -0.381. The number of aromatic nitrogens is 1. The van der Waals surface area contributed by atoms with Gasteiger partial charge in [0.05, 0.1) is 18.4 Å². The van der Waals surface area contributed by atoms with Crippen LogP contribution in [0.2, 0.25) is 0 Å². The molecule has 0 spiro atoms. The number of carbonyl (C=O) groups is 1. The molecule has 0 radical (unpaired) electrons. The van der Waals surface area contributed by atoms with E-state index in [1.54, 1.807) is 27.2 Å². The summed E-state index contributed by atoms with van der Waals surface area (Å²) in [6.07, 6.45) is 1.85. The first-order chi connectivity index (χ1) is 18.1. The molecule has 8 nitrogen and oxygen atoms in total. The van der Waals surface area contributed by atoms with E-state index in [4.69, 9.17) is 23.6 Å². The molecule has 0 atom stereocenters. The molecule has 0 amide bonds. The van der Waals surface area contributed by atoms with E-state index in [0.29, 0.717) is 35.1 Å². The molecule has 0 aliphatic carbocycles. The highest BCUT2D eigenvalue weighted by Gasteiger charge is 2.19. The number of hydroxylamine groups is 1. The first-order valence-electron chi connectivity index (χ1n) is 11.8. The van der Waals surface area contributed by atoms with Gasteiger partial charge < -0.3 is 18.7 Å². The van der Waals surface area contributed by atoms with E-state index in [1.165, 1.54) is 0 Å². The number of ether oxygens (including phenoxy) is 3. The summed E-state index contributed by atoms with van der Waals surface area (Å²) in [4.78, 5) is 16.7. The minimum Gasteiger partial charge on any atom is -0.489 e. The molecule has 0 saturated carbocycles. The maximum atomic E-state index is 11.7. The van der Waals surface area contributed by atoms with Crippen LogP contribution in [0.15, 0.2) is 89.6 Å². The average molecular weight is 501 g/mol. The molecular formula is C29H28N2O6. The van der Waals surface area contributed by atoms with Gasteiger partial charge >= 0.3 is 11.9 Å². The Morgan fingerprint density at radius 3 is 2.35 bits per heavy atom. The number of aryl methyl sites for hydroxylation is 1. The third-order valence-corrected chi connectivity index (χ3v) is 5.41. The molecule has 0 bridgehead atoms. The Bertz CT molecular complexity index is 1330. The predicted octanol–water partition coefficient (Wildman–Crippen LogP) is 6.07. The zero-order valence-electron chi connectivity index (χ0n) is 20.9. The number of nitrogens with one attached hydrogen (secondary N) is 1. The van der Waals surface area contributed by atoms with Crippen molar-refractivity contribution in [3.63, 3.8) is 0 Å². The van der Waals surface area contributed by atoms with Crippen LogP contribution in [0.5, 0.6) is 17.4 Å². The van der Waals surface area contributed by atoms with E-state index < -0.39 is 0 Å². The third kappa shape index (κ3) is 6.77. The molecule has 4 rings (SSSR count). The van der Waals surface area contributed by atoms with Crippen molar-refractivity contribution < 1.29 is 28.4 Å². The van der Waals surface area contributed by atoms with Crippen molar-refractivity contribution in [1.29, 1.82) is 0 Å². The highest BCUT2D eigenvalue weighted by Crippen LogP contribution is 2.34. The second-order valence-corrected chi connectivity index (χ2v) is 8.04. The smallest absolute Gasteiger partial charge is 0.327 e. The van der Waals surface area contributed by atoms with Gasteiger partial charge in [-0.25, -0.2) is 0 Å². The second-order valence-electron chi connectivity index (χ2n) is 8.04. The Morgan fingerprint density at radius 1 is 0.973 bits per heavy atom.